The van der Waals surface area contributed by atoms with Gasteiger partial charge in [-0.1, -0.05) is 27.7 Å². The molecule has 0 amide bonds. The van der Waals surface area contributed by atoms with Crippen molar-refractivity contribution in [3.8, 4) is 0 Å². The van der Waals surface area contributed by atoms with Crippen LogP contribution in [0.15, 0.2) is 12.4 Å². The van der Waals surface area contributed by atoms with Crippen LogP contribution < -0.4 is 0 Å². The Bertz CT molecular complexity index is 224. The van der Waals surface area contributed by atoms with E-state index in [9.17, 15) is 0 Å². The fraction of sp³-hybridized carbons (Fsp3) is 0.750. The van der Waals surface area contributed by atoms with Gasteiger partial charge in [0.25, 0.3) is 0 Å². The molecule has 1 aliphatic carbocycles. The van der Waals surface area contributed by atoms with Gasteiger partial charge in [0.05, 0.1) is 6.20 Å². The zero-order chi connectivity index (χ0) is 11.0. The van der Waals surface area contributed by atoms with Crippen LogP contribution in [-0.2, 0) is 6.54 Å². The maximum Gasteiger partial charge on any atom is 0.0518 e. The topological polar surface area (TPSA) is 17.8 Å². The average molecular weight is 196 g/mol. The zero-order valence-electron chi connectivity index (χ0n) is 10.2. The van der Waals surface area contributed by atoms with E-state index in [1.54, 1.807) is 0 Å². The molecule has 82 valence electrons. The minimum absolute atomic E-state index is 0.930. The first-order chi connectivity index (χ1) is 6.84. The van der Waals surface area contributed by atoms with E-state index in [2.05, 4.69) is 18.2 Å². The SMILES string of the molecule is CC.CC.Cc1cnn(CC2CC2)c1. The molecule has 0 unspecified atom stereocenters. The van der Waals surface area contributed by atoms with Crippen LogP contribution in [0.25, 0.3) is 0 Å². The molecule has 14 heavy (non-hydrogen) atoms. The molecule has 1 fully saturated rings. The van der Waals surface area contributed by atoms with Crippen molar-refractivity contribution in [3.05, 3.63) is 18.0 Å². The molecule has 1 aliphatic rings. The van der Waals surface area contributed by atoms with Gasteiger partial charge < -0.3 is 0 Å². The number of hydrogen-bond donors (Lipinski definition) is 0. The van der Waals surface area contributed by atoms with Gasteiger partial charge in [-0.25, -0.2) is 0 Å². The van der Waals surface area contributed by atoms with Crippen LogP contribution in [0.2, 0.25) is 0 Å². The molecule has 0 N–H and O–H groups in total. The monoisotopic (exact) mass is 196 g/mol. The molecule has 1 saturated carbocycles. The number of rotatable bonds is 2. The van der Waals surface area contributed by atoms with Crippen LogP contribution in [0.4, 0.5) is 0 Å². The Morgan fingerprint density at radius 2 is 1.86 bits per heavy atom. The van der Waals surface area contributed by atoms with E-state index in [1.165, 1.54) is 18.4 Å². The van der Waals surface area contributed by atoms with Crippen molar-refractivity contribution in [2.75, 3.05) is 0 Å². The number of aryl methyl sites for hydroxylation is 1. The molecule has 0 aromatic carbocycles. The average Bonchev–Trinajstić information content (AvgIpc) is 2.96. The minimum atomic E-state index is 0.930. The van der Waals surface area contributed by atoms with E-state index < -0.39 is 0 Å². The lowest BCUT2D eigenvalue weighted by Crippen LogP contribution is -1.98. The Kier molecular flexibility index (Phi) is 7.17. The summed E-state index contributed by atoms with van der Waals surface area (Å²) in [6.07, 6.45) is 6.83. The largest absolute Gasteiger partial charge is 0.272 e. The fourth-order valence-corrected chi connectivity index (χ4v) is 1.13. The van der Waals surface area contributed by atoms with Crippen LogP contribution in [0.3, 0.4) is 0 Å². The quantitative estimate of drug-likeness (QED) is 0.706. The van der Waals surface area contributed by atoms with Crippen LogP contribution in [0.5, 0.6) is 0 Å². The second-order valence-corrected chi connectivity index (χ2v) is 3.18. The van der Waals surface area contributed by atoms with Crippen LogP contribution in [-0.4, -0.2) is 9.78 Å². The van der Waals surface area contributed by atoms with Crippen LogP contribution in [0, 0.1) is 12.8 Å². The van der Waals surface area contributed by atoms with E-state index in [0.29, 0.717) is 0 Å². The number of aromatic nitrogens is 2. The Morgan fingerprint density at radius 1 is 1.29 bits per heavy atom. The van der Waals surface area contributed by atoms with Crippen LogP contribution >= 0.6 is 0 Å². The van der Waals surface area contributed by atoms with Crippen LogP contribution in [0.1, 0.15) is 46.1 Å². The maximum absolute atomic E-state index is 4.21. The normalized spacial score (nSPS) is 13.5. The summed E-state index contributed by atoms with van der Waals surface area (Å²) in [5.74, 6) is 0.930. The Labute approximate surface area is 88.3 Å². The lowest BCUT2D eigenvalue weighted by Gasteiger charge is -1.95. The molecule has 0 atom stereocenters. The van der Waals surface area contributed by atoms with Crippen molar-refractivity contribution in [2.24, 2.45) is 5.92 Å². The third kappa shape index (κ3) is 5.05. The molecule has 1 heterocycles. The molecule has 1 aromatic heterocycles. The van der Waals surface area contributed by atoms with Gasteiger partial charge >= 0.3 is 0 Å². The summed E-state index contributed by atoms with van der Waals surface area (Å²) >= 11 is 0. The maximum atomic E-state index is 4.21. The van der Waals surface area contributed by atoms with Gasteiger partial charge in [0.1, 0.15) is 0 Å². The van der Waals surface area contributed by atoms with Crippen molar-refractivity contribution in [1.82, 2.24) is 9.78 Å². The predicted molar refractivity (Wildman–Crippen MR) is 62.4 cm³/mol. The van der Waals surface area contributed by atoms with E-state index in [4.69, 9.17) is 0 Å². The molecule has 0 saturated heterocycles. The van der Waals surface area contributed by atoms with E-state index in [-0.39, 0.29) is 0 Å². The molecular formula is C12H24N2. The molecule has 2 heteroatoms. The van der Waals surface area contributed by atoms with Crippen molar-refractivity contribution in [3.63, 3.8) is 0 Å². The molecule has 0 aliphatic heterocycles. The van der Waals surface area contributed by atoms with Crippen molar-refractivity contribution < 1.29 is 0 Å². The third-order valence-corrected chi connectivity index (χ3v) is 1.90. The molecule has 2 rings (SSSR count). The summed E-state index contributed by atoms with van der Waals surface area (Å²) in [5.41, 5.74) is 1.26. The lowest BCUT2D eigenvalue weighted by molar-refractivity contribution is 0.563. The van der Waals surface area contributed by atoms with Gasteiger partial charge in [-0.3, -0.25) is 4.68 Å². The summed E-state index contributed by atoms with van der Waals surface area (Å²) in [5, 5.41) is 4.21. The minimum Gasteiger partial charge on any atom is -0.272 e. The number of hydrogen-bond acceptors (Lipinski definition) is 1. The van der Waals surface area contributed by atoms with Gasteiger partial charge in [0.15, 0.2) is 0 Å². The van der Waals surface area contributed by atoms with Crippen molar-refractivity contribution >= 4 is 0 Å². The highest BCUT2D eigenvalue weighted by Crippen LogP contribution is 2.30. The first-order valence-corrected chi connectivity index (χ1v) is 5.83. The zero-order valence-corrected chi connectivity index (χ0v) is 10.2. The predicted octanol–water partition coefficient (Wildman–Crippen LogP) is 3.65. The second kappa shape index (κ2) is 7.60. The van der Waals surface area contributed by atoms with E-state index in [1.807, 2.05) is 38.6 Å². The molecule has 0 radical (unpaired) electrons. The summed E-state index contributed by atoms with van der Waals surface area (Å²) in [6, 6.07) is 0. The molecule has 0 spiro atoms. The smallest absolute Gasteiger partial charge is 0.0518 e. The van der Waals surface area contributed by atoms with Crippen molar-refractivity contribution in [1.29, 1.82) is 0 Å². The molecule has 2 nitrogen and oxygen atoms in total. The summed E-state index contributed by atoms with van der Waals surface area (Å²) in [7, 11) is 0. The highest BCUT2D eigenvalue weighted by Gasteiger charge is 2.21. The van der Waals surface area contributed by atoms with Gasteiger partial charge in [-0.2, -0.15) is 5.10 Å². The summed E-state index contributed by atoms with van der Waals surface area (Å²) in [6.45, 7) is 11.2. The van der Waals surface area contributed by atoms with Gasteiger partial charge in [-0.15, -0.1) is 0 Å². The highest BCUT2D eigenvalue weighted by atomic mass is 15.3. The Morgan fingerprint density at radius 3 is 2.21 bits per heavy atom. The Balaban J connectivity index is 0.000000379. The first kappa shape index (κ1) is 13.2. The third-order valence-electron chi connectivity index (χ3n) is 1.90. The lowest BCUT2D eigenvalue weighted by atomic mass is 10.4. The highest BCUT2D eigenvalue weighted by molar-refractivity contribution is 4.99. The molecule has 0 bridgehead atoms. The molecule has 1 aromatic rings. The second-order valence-electron chi connectivity index (χ2n) is 3.18. The van der Waals surface area contributed by atoms with Gasteiger partial charge in [0, 0.05) is 12.7 Å². The van der Waals surface area contributed by atoms with Gasteiger partial charge in [-0.05, 0) is 31.2 Å². The van der Waals surface area contributed by atoms with E-state index >= 15 is 0 Å². The number of nitrogens with zero attached hydrogens (tertiary/aromatic N) is 2. The first-order valence-electron chi connectivity index (χ1n) is 5.83. The summed E-state index contributed by atoms with van der Waals surface area (Å²) in [4.78, 5) is 0. The van der Waals surface area contributed by atoms with E-state index in [0.717, 1.165) is 12.5 Å². The Hall–Kier alpha value is -0.790. The van der Waals surface area contributed by atoms with Gasteiger partial charge in [0.2, 0.25) is 0 Å². The molecular weight excluding hydrogens is 172 g/mol. The van der Waals surface area contributed by atoms with Crippen molar-refractivity contribution in [2.45, 2.75) is 54.0 Å². The standard InChI is InChI=1S/C8H12N2.2C2H6/c1-7-4-9-10(5-7)6-8-2-3-8;2*1-2/h4-5,8H,2-3,6H2,1H3;2*1-2H3. The fourth-order valence-electron chi connectivity index (χ4n) is 1.13. The summed E-state index contributed by atoms with van der Waals surface area (Å²) < 4.78 is 2.05.